The van der Waals surface area contributed by atoms with Gasteiger partial charge in [0.1, 0.15) is 11.9 Å². The summed E-state index contributed by atoms with van der Waals surface area (Å²) in [6, 6.07) is 9.98. The van der Waals surface area contributed by atoms with Crippen molar-refractivity contribution in [3.63, 3.8) is 0 Å². The second-order valence-corrected chi connectivity index (χ2v) is 7.18. The Balaban J connectivity index is 1.85. The molecule has 0 saturated heterocycles. The molecule has 26 heavy (non-hydrogen) atoms. The normalized spacial score (nSPS) is 14.5. The van der Waals surface area contributed by atoms with Crippen LogP contribution in [-0.4, -0.2) is 22.0 Å². The van der Waals surface area contributed by atoms with E-state index in [1.54, 1.807) is 24.7 Å². The summed E-state index contributed by atoms with van der Waals surface area (Å²) in [6.07, 6.45) is 4.48. The molecule has 4 rings (SSSR count). The van der Waals surface area contributed by atoms with Crippen LogP contribution in [0.25, 0.3) is 10.4 Å². The third-order valence-corrected chi connectivity index (χ3v) is 5.68. The molecule has 1 aliphatic heterocycles. The zero-order chi connectivity index (χ0) is 18.1. The first-order valence-corrected chi connectivity index (χ1v) is 9.09. The van der Waals surface area contributed by atoms with Crippen molar-refractivity contribution in [3.05, 3.63) is 75.6 Å². The largest absolute Gasteiger partial charge is 0.383 e. The van der Waals surface area contributed by atoms with E-state index in [-0.39, 0.29) is 10.6 Å². The molecule has 7 heteroatoms. The van der Waals surface area contributed by atoms with Crippen LogP contribution in [0.4, 0.5) is 4.39 Å². The Morgan fingerprint density at radius 3 is 2.69 bits per heavy atom. The molecule has 4 nitrogen and oxygen atoms in total. The van der Waals surface area contributed by atoms with Gasteiger partial charge in [-0.2, -0.15) is 10.2 Å². The van der Waals surface area contributed by atoms with Crippen molar-refractivity contribution >= 4 is 34.9 Å². The Kier molecular flexibility index (Phi) is 4.63. The van der Waals surface area contributed by atoms with Gasteiger partial charge in [0.05, 0.1) is 10.6 Å². The maximum absolute atomic E-state index is 14.3. The molecule has 3 aromatic rings. The van der Waals surface area contributed by atoms with Crippen LogP contribution < -0.4 is 0 Å². The Labute approximate surface area is 158 Å². The van der Waals surface area contributed by atoms with Gasteiger partial charge in [-0.3, -0.25) is 4.98 Å². The number of nitrogens with zero attached hydrogens (tertiary/aromatic N) is 3. The summed E-state index contributed by atoms with van der Waals surface area (Å²) in [4.78, 5) is 5.74. The van der Waals surface area contributed by atoms with Gasteiger partial charge in [-0.25, -0.2) is 4.39 Å². The number of benzene rings is 1. The highest BCUT2D eigenvalue weighted by atomic mass is 35.5. The van der Waals surface area contributed by atoms with Gasteiger partial charge >= 0.3 is 0 Å². The van der Waals surface area contributed by atoms with E-state index in [2.05, 4.69) is 15.2 Å². The predicted molar refractivity (Wildman–Crippen MR) is 103 cm³/mol. The van der Waals surface area contributed by atoms with Crippen molar-refractivity contribution < 1.29 is 9.50 Å². The smallest absolute Gasteiger partial charge is 0.130 e. The Bertz CT molecular complexity index is 997. The average molecular weight is 386 g/mol. The lowest BCUT2D eigenvalue weighted by Gasteiger charge is -2.14. The molecule has 3 heterocycles. The maximum Gasteiger partial charge on any atom is 0.130 e. The summed E-state index contributed by atoms with van der Waals surface area (Å²) in [5, 5.41) is 19.2. The Morgan fingerprint density at radius 1 is 1.19 bits per heavy atom. The fraction of sp³-hybridized carbons (Fsp3) is 0.105. The van der Waals surface area contributed by atoms with E-state index in [0.717, 1.165) is 21.0 Å². The van der Waals surface area contributed by atoms with Gasteiger partial charge < -0.3 is 5.11 Å². The first kappa shape index (κ1) is 17.0. The molecule has 1 aliphatic rings. The van der Waals surface area contributed by atoms with E-state index in [0.29, 0.717) is 12.0 Å². The van der Waals surface area contributed by atoms with Crippen molar-refractivity contribution in [3.8, 4) is 10.4 Å². The van der Waals surface area contributed by atoms with Gasteiger partial charge in [0.15, 0.2) is 0 Å². The van der Waals surface area contributed by atoms with Gasteiger partial charge in [0.25, 0.3) is 0 Å². The molecule has 1 aromatic carbocycles. The van der Waals surface area contributed by atoms with E-state index >= 15 is 0 Å². The number of hydrogen-bond acceptors (Lipinski definition) is 5. The second kappa shape index (κ2) is 7.07. The highest BCUT2D eigenvalue weighted by Crippen LogP contribution is 2.40. The zero-order valence-corrected chi connectivity index (χ0v) is 15.0. The molecule has 1 unspecified atom stereocenters. The summed E-state index contributed by atoms with van der Waals surface area (Å²) < 4.78 is 14.3. The number of rotatable bonds is 4. The van der Waals surface area contributed by atoms with Crippen molar-refractivity contribution in [2.75, 3.05) is 0 Å². The summed E-state index contributed by atoms with van der Waals surface area (Å²) in [5.41, 5.74) is 2.34. The number of thiophene rings is 1. The van der Waals surface area contributed by atoms with Crippen molar-refractivity contribution in [2.45, 2.75) is 12.5 Å². The summed E-state index contributed by atoms with van der Waals surface area (Å²) in [6.45, 7) is 0. The zero-order valence-electron chi connectivity index (χ0n) is 13.4. The molecule has 1 atom stereocenters. The molecule has 1 N–H and O–H groups in total. The third kappa shape index (κ3) is 3.07. The molecule has 0 spiro atoms. The van der Waals surface area contributed by atoms with Crippen LogP contribution in [0.15, 0.2) is 59.0 Å². The number of pyridine rings is 1. The van der Waals surface area contributed by atoms with Crippen LogP contribution in [0.2, 0.25) is 5.02 Å². The quantitative estimate of drug-likeness (QED) is 0.697. The standard InChI is InChI=1S/C19H13ClFN3OS/c20-13-2-1-3-14(21)17(13)18(25)12-10-16(11-4-7-22-8-5-11)26-19(12)15-6-9-23-24-15/h1-5,7-10,18,25H,6H2. The Hall–Kier alpha value is -2.41. The molecule has 0 radical (unpaired) electrons. The number of aromatic nitrogens is 1. The molecule has 0 aliphatic carbocycles. The first-order chi connectivity index (χ1) is 12.6. The molecule has 0 bridgehead atoms. The lowest BCUT2D eigenvalue weighted by molar-refractivity contribution is 0.215. The molecular formula is C19H13ClFN3OS. The van der Waals surface area contributed by atoms with Crippen LogP contribution in [0.1, 0.15) is 28.5 Å². The SMILES string of the molecule is OC(c1cc(-c2ccncc2)sc1C1=NN=CC1)c1c(F)cccc1Cl. The van der Waals surface area contributed by atoms with Gasteiger partial charge in [-0.05, 0) is 35.9 Å². The second-order valence-electron chi connectivity index (χ2n) is 5.72. The van der Waals surface area contributed by atoms with Crippen LogP contribution in [0.3, 0.4) is 0 Å². The van der Waals surface area contributed by atoms with Crippen molar-refractivity contribution in [2.24, 2.45) is 10.2 Å². The topological polar surface area (TPSA) is 57.8 Å². The number of halogens is 2. The third-order valence-electron chi connectivity index (χ3n) is 4.10. The number of hydrogen-bond donors (Lipinski definition) is 1. The van der Waals surface area contributed by atoms with E-state index in [9.17, 15) is 9.50 Å². The van der Waals surface area contributed by atoms with Crippen LogP contribution in [0, 0.1) is 5.82 Å². The molecule has 0 fully saturated rings. The van der Waals surface area contributed by atoms with Gasteiger partial charge in [0.2, 0.25) is 0 Å². The fourth-order valence-electron chi connectivity index (χ4n) is 2.84. The van der Waals surface area contributed by atoms with Crippen LogP contribution >= 0.6 is 22.9 Å². The van der Waals surface area contributed by atoms with Gasteiger partial charge in [-0.1, -0.05) is 17.7 Å². The van der Waals surface area contributed by atoms with Crippen LogP contribution in [0.5, 0.6) is 0 Å². The van der Waals surface area contributed by atoms with E-state index in [1.807, 2.05) is 18.2 Å². The summed E-state index contributed by atoms with van der Waals surface area (Å²) >= 11 is 7.63. The van der Waals surface area contributed by atoms with Crippen molar-refractivity contribution in [1.29, 1.82) is 0 Å². The predicted octanol–water partition coefficient (Wildman–Crippen LogP) is 4.86. The molecular weight excluding hydrogens is 373 g/mol. The fourth-order valence-corrected chi connectivity index (χ4v) is 4.29. The van der Waals surface area contributed by atoms with Gasteiger partial charge in [0, 0.05) is 46.1 Å². The minimum atomic E-state index is -1.20. The monoisotopic (exact) mass is 385 g/mol. The molecule has 130 valence electrons. The number of aliphatic hydroxyl groups excluding tert-OH is 1. The van der Waals surface area contributed by atoms with Crippen LogP contribution in [-0.2, 0) is 0 Å². The highest BCUT2D eigenvalue weighted by Gasteiger charge is 2.26. The molecule has 0 amide bonds. The summed E-state index contributed by atoms with van der Waals surface area (Å²) in [5.74, 6) is -0.544. The lowest BCUT2D eigenvalue weighted by Crippen LogP contribution is -2.07. The summed E-state index contributed by atoms with van der Waals surface area (Å²) in [7, 11) is 0. The van der Waals surface area contributed by atoms with Crippen molar-refractivity contribution in [1.82, 2.24) is 4.98 Å². The average Bonchev–Trinajstić information content (AvgIpc) is 3.32. The maximum atomic E-state index is 14.3. The van der Waals surface area contributed by atoms with Gasteiger partial charge in [-0.15, -0.1) is 11.3 Å². The molecule has 0 saturated carbocycles. The van der Waals surface area contributed by atoms with E-state index in [1.165, 1.54) is 23.5 Å². The minimum Gasteiger partial charge on any atom is -0.383 e. The van der Waals surface area contributed by atoms with E-state index < -0.39 is 11.9 Å². The van der Waals surface area contributed by atoms with E-state index in [4.69, 9.17) is 11.6 Å². The highest BCUT2D eigenvalue weighted by molar-refractivity contribution is 7.17. The molecule has 2 aromatic heterocycles. The first-order valence-electron chi connectivity index (χ1n) is 7.90. The number of aliphatic hydroxyl groups is 1. The minimum absolute atomic E-state index is 0.0639. The lowest BCUT2D eigenvalue weighted by atomic mass is 9.98. The Morgan fingerprint density at radius 2 is 2.00 bits per heavy atom.